The minimum Gasteiger partial charge on any atom is -0.391 e. The second-order valence-corrected chi connectivity index (χ2v) is 6.80. The maximum absolute atomic E-state index is 12.2. The summed E-state index contributed by atoms with van der Waals surface area (Å²) in [5.41, 5.74) is 1.34. The number of thioether (sulfide) groups is 1. The van der Waals surface area contributed by atoms with Gasteiger partial charge in [0.05, 0.1) is 11.0 Å². The second-order valence-electron chi connectivity index (χ2n) is 4.56. The van der Waals surface area contributed by atoms with Crippen LogP contribution in [0.15, 0.2) is 6.07 Å². The number of β-amino-alcohol motifs (C(OH)–C–C–N with tert-alkyl or cyclic N) is 1. The summed E-state index contributed by atoms with van der Waals surface area (Å²) in [6.45, 7) is 1.19. The summed E-state index contributed by atoms with van der Waals surface area (Å²) >= 11 is 3.58. The van der Waals surface area contributed by atoms with Gasteiger partial charge in [0.25, 0.3) is 5.91 Å². The van der Waals surface area contributed by atoms with Gasteiger partial charge in [-0.15, -0.1) is 11.3 Å². The molecule has 5 heteroatoms. The smallest absolute Gasteiger partial charge is 0.264 e. The number of thiophene rings is 1. The fraction of sp³-hybridized carbons (Fsp3) is 0.583. The lowest BCUT2D eigenvalue weighted by Gasteiger charge is -2.13. The molecule has 2 aliphatic heterocycles. The molecule has 0 unspecified atom stereocenters. The van der Waals surface area contributed by atoms with Gasteiger partial charge >= 0.3 is 0 Å². The Morgan fingerprint density at radius 2 is 2.41 bits per heavy atom. The van der Waals surface area contributed by atoms with E-state index in [1.807, 2.05) is 11.8 Å². The number of aliphatic hydroxyl groups excluding tert-OH is 1. The number of aryl methyl sites for hydroxylation is 1. The standard InChI is InChI=1S/C12H15NO2S2/c14-9-1-3-13(6-9)12(15)11-5-8-7-16-4-2-10(8)17-11/h5,9,14H,1-4,6-7H2/t9-/m0/s1. The molecule has 1 aromatic heterocycles. The van der Waals surface area contributed by atoms with Gasteiger partial charge in [-0.3, -0.25) is 4.79 Å². The SMILES string of the molecule is O=C(c1cc2c(s1)CCSC2)N1CC[C@H](O)C1. The van der Waals surface area contributed by atoms with Gasteiger partial charge in [0, 0.05) is 23.7 Å². The number of carbonyl (C=O) groups is 1. The summed E-state index contributed by atoms with van der Waals surface area (Å²) in [5, 5.41) is 9.46. The Balaban J connectivity index is 1.79. The van der Waals surface area contributed by atoms with Crippen LogP contribution in [0.25, 0.3) is 0 Å². The van der Waals surface area contributed by atoms with Gasteiger partial charge in [0.15, 0.2) is 0 Å². The Hall–Kier alpha value is -0.520. The van der Waals surface area contributed by atoms with E-state index in [0.717, 1.165) is 17.1 Å². The van der Waals surface area contributed by atoms with Crippen LogP contribution in [0.2, 0.25) is 0 Å². The van der Waals surface area contributed by atoms with Crippen molar-refractivity contribution in [3.05, 3.63) is 21.4 Å². The van der Waals surface area contributed by atoms with Crippen molar-refractivity contribution >= 4 is 29.0 Å². The van der Waals surface area contributed by atoms with Gasteiger partial charge < -0.3 is 10.0 Å². The third-order valence-corrected chi connectivity index (χ3v) is 5.52. The van der Waals surface area contributed by atoms with Crippen LogP contribution in [0.3, 0.4) is 0 Å². The molecule has 1 fully saturated rings. The first kappa shape index (κ1) is 11.6. The van der Waals surface area contributed by atoms with E-state index < -0.39 is 0 Å². The fourth-order valence-electron chi connectivity index (χ4n) is 2.33. The van der Waals surface area contributed by atoms with Gasteiger partial charge in [0.1, 0.15) is 0 Å². The maximum atomic E-state index is 12.2. The van der Waals surface area contributed by atoms with Crippen molar-refractivity contribution in [1.29, 1.82) is 0 Å². The van der Waals surface area contributed by atoms with E-state index >= 15 is 0 Å². The zero-order chi connectivity index (χ0) is 11.8. The molecule has 17 heavy (non-hydrogen) atoms. The number of nitrogens with zero attached hydrogens (tertiary/aromatic N) is 1. The van der Waals surface area contributed by atoms with Crippen LogP contribution < -0.4 is 0 Å². The van der Waals surface area contributed by atoms with Gasteiger partial charge in [-0.1, -0.05) is 0 Å². The largest absolute Gasteiger partial charge is 0.391 e. The van der Waals surface area contributed by atoms with Crippen molar-refractivity contribution in [2.45, 2.75) is 24.7 Å². The molecule has 0 bridgehead atoms. The summed E-state index contributed by atoms with van der Waals surface area (Å²) < 4.78 is 0. The van der Waals surface area contributed by atoms with Crippen molar-refractivity contribution < 1.29 is 9.90 Å². The minimum absolute atomic E-state index is 0.103. The van der Waals surface area contributed by atoms with Crippen LogP contribution in [-0.4, -0.2) is 40.9 Å². The highest BCUT2D eigenvalue weighted by atomic mass is 32.2. The average molecular weight is 269 g/mol. The van der Waals surface area contributed by atoms with Crippen LogP contribution in [0.4, 0.5) is 0 Å². The van der Waals surface area contributed by atoms with Gasteiger partial charge in [-0.2, -0.15) is 11.8 Å². The third-order valence-electron chi connectivity index (χ3n) is 3.29. The van der Waals surface area contributed by atoms with Crippen LogP contribution >= 0.6 is 23.1 Å². The highest BCUT2D eigenvalue weighted by molar-refractivity contribution is 7.98. The normalized spacial score (nSPS) is 23.8. The molecule has 3 heterocycles. The number of fused-ring (bicyclic) bond motifs is 1. The predicted molar refractivity (Wildman–Crippen MR) is 70.7 cm³/mol. The Morgan fingerprint density at radius 3 is 3.12 bits per heavy atom. The molecule has 0 aromatic carbocycles. The lowest BCUT2D eigenvalue weighted by atomic mass is 10.2. The molecule has 3 nitrogen and oxygen atoms in total. The first-order valence-electron chi connectivity index (χ1n) is 5.90. The van der Waals surface area contributed by atoms with Gasteiger partial charge in [0.2, 0.25) is 0 Å². The lowest BCUT2D eigenvalue weighted by Crippen LogP contribution is -2.28. The topological polar surface area (TPSA) is 40.5 Å². The first-order valence-corrected chi connectivity index (χ1v) is 7.88. The zero-order valence-electron chi connectivity index (χ0n) is 9.52. The Kier molecular flexibility index (Phi) is 3.15. The Morgan fingerprint density at radius 1 is 1.53 bits per heavy atom. The van der Waals surface area contributed by atoms with E-state index in [4.69, 9.17) is 0 Å². The monoisotopic (exact) mass is 269 g/mol. The molecular formula is C12H15NO2S2. The summed E-state index contributed by atoms with van der Waals surface area (Å²) in [7, 11) is 0. The molecular weight excluding hydrogens is 254 g/mol. The van der Waals surface area contributed by atoms with Crippen molar-refractivity contribution in [1.82, 2.24) is 4.90 Å². The maximum Gasteiger partial charge on any atom is 0.264 e. The lowest BCUT2D eigenvalue weighted by molar-refractivity contribution is 0.0769. The van der Waals surface area contributed by atoms with Crippen LogP contribution in [0.5, 0.6) is 0 Å². The molecule has 1 aromatic rings. The molecule has 1 amide bonds. The molecule has 3 rings (SSSR count). The van der Waals surface area contributed by atoms with Crippen molar-refractivity contribution in [2.75, 3.05) is 18.8 Å². The summed E-state index contributed by atoms with van der Waals surface area (Å²) in [6, 6.07) is 2.05. The number of hydrogen-bond acceptors (Lipinski definition) is 4. The molecule has 1 N–H and O–H groups in total. The Labute approximate surface area is 109 Å². The molecule has 0 saturated carbocycles. The molecule has 0 radical (unpaired) electrons. The number of rotatable bonds is 1. The van der Waals surface area contributed by atoms with Crippen LogP contribution in [0, 0.1) is 0 Å². The van der Waals surface area contributed by atoms with E-state index in [1.54, 1.807) is 16.2 Å². The minimum atomic E-state index is -0.330. The molecule has 1 atom stereocenters. The zero-order valence-corrected chi connectivity index (χ0v) is 11.1. The van der Waals surface area contributed by atoms with Crippen molar-refractivity contribution in [3.8, 4) is 0 Å². The van der Waals surface area contributed by atoms with E-state index in [1.165, 1.54) is 16.2 Å². The summed E-state index contributed by atoms with van der Waals surface area (Å²) in [4.78, 5) is 16.2. The van der Waals surface area contributed by atoms with E-state index in [2.05, 4.69) is 6.07 Å². The van der Waals surface area contributed by atoms with E-state index in [-0.39, 0.29) is 12.0 Å². The van der Waals surface area contributed by atoms with E-state index in [9.17, 15) is 9.90 Å². The molecule has 2 aliphatic rings. The second kappa shape index (κ2) is 4.63. The number of carbonyl (C=O) groups excluding carboxylic acids is 1. The first-order chi connectivity index (χ1) is 8.24. The van der Waals surface area contributed by atoms with Gasteiger partial charge in [-0.05, 0) is 30.2 Å². The summed E-state index contributed by atoms with van der Waals surface area (Å²) in [6.07, 6.45) is 1.48. The van der Waals surface area contributed by atoms with Gasteiger partial charge in [-0.25, -0.2) is 0 Å². The highest BCUT2D eigenvalue weighted by Gasteiger charge is 2.27. The molecule has 92 valence electrons. The molecule has 1 saturated heterocycles. The quantitative estimate of drug-likeness (QED) is 0.844. The molecule has 0 aliphatic carbocycles. The summed E-state index contributed by atoms with van der Waals surface area (Å²) in [5.74, 6) is 2.32. The van der Waals surface area contributed by atoms with Crippen LogP contribution in [0.1, 0.15) is 26.5 Å². The predicted octanol–water partition coefficient (Wildman–Crippen LogP) is 1.74. The van der Waals surface area contributed by atoms with Crippen LogP contribution in [-0.2, 0) is 12.2 Å². The number of likely N-dealkylation sites (tertiary alicyclic amines) is 1. The average Bonchev–Trinajstić information content (AvgIpc) is 2.93. The van der Waals surface area contributed by atoms with Crippen molar-refractivity contribution in [3.63, 3.8) is 0 Å². The number of hydrogen-bond donors (Lipinski definition) is 1. The van der Waals surface area contributed by atoms with Crippen molar-refractivity contribution in [2.24, 2.45) is 0 Å². The molecule has 0 spiro atoms. The van der Waals surface area contributed by atoms with E-state index in [0.29, 0.717) is 19.5 Å². The third kappa shape index (κ3) is 2.23. The highest BCUT2D eigenvalue weighted by Crippen LogP contribution is 2.32. The number of aliphatic hydroxyl groups is 1. The Bertz CT molecular complexity index is 420. The fourth-order valence-corrected chi connectivity index (χ4v) is 4.67. The number of amides is 1.